The number of anilines is 1. The van der Waals surface area contributed by atoms with E-state index in [0.29, 0.717) is 25.1 Å². The standard InChI is InChI=1S/C17H19FN2O2/c1-2-22-16-10-9-14(12-15(16)18)20-17(21)8-5-7-13-6-3-4-11-19-13/h3-4,6,9-12H,2,5,7-8H2,1H3,(H,20,21). The highest BCUT2D eigenvalue weighted by Crippen LogP contribution is 2.21. The molecule has 0 radical (unpaired) electrons. The minimum absolute atomic E-state index is 0.139. The van der Waals surface area contributed by atoms with E-state index in [9.17, 15) is 9.18 Å². The minimum Gasteiger partial charge on any atom is -0.491 e. The maximum atomic E-state index is 13.7. The van der Waals surface area contributed by atoms with Crippen molar-refractivity contribution in [3.8, 4) is 5.75 Å². The van der Waals surface area contributed by atoms with Gasteiger partial charge in [0.1, 0.15) is 0 Å². The zero-order chi connectivity index (χ0) is 15.8. The maximum absolute atomic E-state index is 13.7. The average molecular weight is 302 g/mol. The Balaban J connectivity index is 1.80. The van der Waals surface area contributed by atoms with Crippen molar-refractivity contribution in [2.75, 3.05) is 11.9 Å². The van der Waals surface area contributed by atoms with E-state index >= 15 is 0 Å². The SMILES string of the molecule is CCOc1ccc(NC(=O)CCCc2ccccn2)cc1F. The van der Waals surface area contributed by atoms with Gasteiger partial charge in [-0.1, -0.05) is 6.07 Å². The van der Waals surface area contributed by atoms with Crippen molar-refractivity contribution in [1.29, 1.82) is 0 Å². The number of hydrogen-bond acceptors (Lipinski definition) is 3. The predicted octanol–water partition coefficient (Wildman–Crippen LogP) is 3.58. The number of nitrogens with one attached hydrogen (secondary N) is 1. The van der Waals surface area contributed by atoms with Crippen LogP contribution < -0.4 is 10.1 Å². The number of hydrogen-bond donors (Lipinski definition) is 1. The first-order valence-electron chi connectivity index (χ1n) is 7.31. The van der Waals surface area contributed by atoms with Gasteiger partial charge in [0.05, 0.1) is 6.61 Å². The molecule has 22 heavy (non-hydrogen) atoms. The third-order valence-electron chi connectivity index (χ3n) is 3.08. The van der Waals surface area contributed by atoms with Gasteiger partial charge in [0, 0.05) is 30.1 Å². The molecule has 0 atom stereocenters. The van der Waals surface area contributed by atoms with Crippen LogP contribution in [0.1, 0.15) is 25.5 Å². The minimum atomic E-state index is -0.479. The molecule has 0 bridgehead atoms. The van der Waals surface area contributed by atoms with Crippen LogP contribution in [0.15, 0.2) is 42.6 Å². The second-order valence-electron chi connectivity index (χ2n) is 4.80. The molecule has 0 saturated heterocycles. The van der Waals surface area contributed by atoms with Crippen LogP contribution in [-0.2, 0) is 11.2 Å². The van der Waals surface area contributed by atoms with E-state index in [4.69, 9.17) is 4.74 Å². The summed E-state index contributed by atoms with van der Waals surface area (Å²) in [6.07, 6.45) is 3.54. The summed E-state index contributed by atoms with van der Waals surface area (Å²) in [5, 5.41) is 2.68. The quantitative estimate of drug-likeness (QED) is 0.850. The van der Waals surface area contributed by atoms with E-state index in [-0.39, 0.29) is 11.7 Å². The Morgan fingerprint density at radius 3 is 2.86 bits per heavy atom. The number of carbonyl (C=O) groups is 1. The van der Waals surface area contributed by atoms with Crippen LogP contribution in [-0.4, -0.2) is 17.5 Å². The molecule has 0 fully saturated rings. The van der Waals surface area contributed by atoms with E-state index in [2.05, 4.69) is 10.3 Å². The fraction of sp³-hybridized carbons (Fsp3) is 0.294. The second kappa shape index (κ2) is 8.12. The number of rotatable bonds is 7. The number of ether oxygens (including phenoxy) is 1. The van der Waals surface area contributed by atoms with Crippen LogP contribution >= 0.6 is 0 Å². The smallest absolute Gasteiger partial charge is 0.224 e. The molecule has 116 valence electrons. The summed E-state index contributed by atoms with van der Waals surface area (Å²) in [6, 6.07) is 10.1. The highest BCUT2D eigenvalue weighted by molar-refractivity contribution is 5.90. The molecular weight excluding hydrogens is 283 g/mol. The zero-order valence-corrected chi connectivity index (χ0v) is 12.5. The molecule has 0 aliphatic rings. The molecule has 2 rings (SSSR count). The van der Waals surface area contributed by atoms with Gasteiger partial charge in [0.25, 0.3) is 0 Å². The predicted molar refractivity (Wildman–Crippen MR) is 83.4 cm³/mol. The van der Waals surface area contributed by atoms with Gasteiger partial charge in [-0.15, -0.1) is 0 Å². The van der Waals surface area contributed by atoms with Gasteiger partial charge < -0.3 is 10.1 Å². The zero-order valence-electron chi connectivity index (χ0n) is 12.5. The number of benzene rings is 1. The lowest BCUT2D eigenvalue weighted by atomic mass is 10.1. The van der Waals surface area contributed by atoms with E-state index in [0.717, 1.165) is 12.1 Å². The number of aryl methyl sites for hydroxylation is 1. The molecule has 0 aliphatic heterocycles. The molecular formula is C17H19FN2O2. The number of halogens is 1. The normalized spacial score (nSPS) is 10.3. The van der Waals surface area contributed by atoms with Gasteiger partial charge in [0.2, 0.25) is 5.91 Å². The number of pyridine rings is 1. The van der Waals surface area contributed by atoms with E-state index in [1.54, 1.807) is 19.2 Å². The first-order chi connectivity index (χ1) is 10.7. The highest BCUT2D eigenvalue weighted by atomic mass is 19.1. The lowest BCUT2D eigenvalue weighted by molar-refractivity contribution is -0.116. The summed E-state index contributed by atoms with van der Waals surface area (Å²) >= 11 is 0. The van der Waals surface area contributed by atoms with Gasteiger partial charge in [0.15, 0.2) is 11.6 Å². The van der Waals surface area contributed by atoms with E-state index < -0.39 is 5.82 Å². The Morgan fingerprint density at radius 2 is 2.18 bits per heavy atom. The molecule has 1 aromatic carbocycles. The van der Waals surface area contributed by atoms with Crippen LogP contribution in [0.4, 0.5) is 10.1 Å². The van der Waals surface area contributed by atoms with Crippen LogP contribution in [0.3, 0.4) is 0 Å². The fourth-order valence-electron chi connectivity index (χ4n) is 2.05. The van der Waals surface area contributed by atoms with Gasteiger partial charge >= 0.3 is 0 Å². The van der Waals surface area contributed by atoms with E-state index in [1.165, 1.54) is 12.1 Å². The summed E-state index contributed by atoms with van der Waals surface area (Å²) < 4.78 is 18.8. The Labute approximate surface area is 129 Å². The monoisotopic (exact) mass is 302 g/mol. The van der Waals surface area contributed by atoms with Crippen molar-refractivity contribution in [3.63, 3.8) is 0 Å². The molecule has 1 aromatic heterocycles. The molecule has 1 amide bonds. The number of nitrogens with zero attached hydrogens (tertiary/aromatic N) is 1. The second-order valence-corrected chi connectivity index (χ2v) is 4.80. The maximum Gasteiger partial charge on any atom is 0.224 e. The molecule has 1 heterocycles. The molecule has 0 aliphatic carbocycles. The third kappa shape index (κ3) is 4.84. The van der Waals surface area contributed by atoms with Crippen molar-refractivity contribution >= 4 is 11.6 Å². The molecule has 2 aromatic rings. The Kier molecular flexibility index (Phi) is 5.89. The van der Waals surface area contributed by atoms with Crippen LogP contribution in [0.25, 0.3) is 0 Å². The summed E-state index contributed by atoms with van der Waals surface area (Å²) in [5.41, 5.74) is 1.39. The van der Waals surface area contributed by atoms with Crippen LogP contribution in [0.5, 0.6) is 5.75 Å². The van der Waals surface area contributed by atoms with Crippen molar-refractivity contribution in [3.05, 3.63) is 54.1 Å². The summed E-state index contributed by atoms with van der Waals surface area (Å²) in [4.78, 5) is 16.0. The fourth-order valence-corrected chi connectivity index (χ4v) is 2.05. The van der Waals surface area contributed by atoms with Crippen molar-refractivity contribution in [1.82, 2.24) is 4.98 Å². The van der Waals surface area contributed by atoms with Crippen molar-refractivity contribution < 1.29 is 13.9 Å². The van der Waals surface area contributed by atoms with Crippen molar-refractivity contribution in [2.45, 2.75) is 26.2 Å². The molecule has 0 unspecified atom stereocenters. The van der Waals surface area contributed by atoms with Crippen molar-refractivity contribution in [2.24, 2.45) is 0 Å². The van der Waals surface area contributed by atoms with Gasteiger partial charge in [-0.2, -0.15) is 0 Å². The van der Waals surface area contributed by atoms with Gasteiger partial charge in [-0.3, -0.25) is 9.78 Å². The Hall–Kier alpha value is -2.43. The van der Waals surface area contributed by atoms with Crippen LogP contribution in [0, 0.1) is 5.82 Å². The van der Waals surface area contributed by atoms with E-state index in [1.807, 2.05) is 18.2 Å². The number of carbonyl (C=O) groups excluding carboxylic acids is 1. The topological polar surface area (TPSA) is 51.2 Å². The number of aromatic nitrogens is 1. The Bertz CT molecular complexity index is 617. The summed E-state index contributed by atoms with van der Waals surface area (Å²) in [6.45, 7) is 2.19. The molecule has 0 spiro atoms. The summed E-state index contributed by atoms with van der Waals surface area (Å²) in [7, 11) is 0. The molecule has 0 saturated carbocycles. The molecule has 1 N–H and O–H groups in total. The summed E-state index contributed by atoms with van der Waals surface area (Å²) in [5.74, 6) is -0.428. The first-order valence-corrected chi connectivity index (χ1v) is 7.31. The largest absolute Gasteiger partial charge is 0.491 e. The Morgan fingerprint density at radius 1 is 1.32 bits per heavy atom. The average Bonchev–Trinajstić information content (AvgIpc) is 2.51. The van der Waals surface area contributed by atoms with Gasteiger partial charge in [-0.25, -0.2) is 4.39 Å². The van der Waals surface area contributed by atoms with Crippen LogP contribution in [0.2, 0.25) is 0 Å². The lowest BCUT2D eigenvalue weighted by Crippen LogP contribution is -2.12. The molecule has 4 nitrogen and oxygen atoms in total. The first kappa shape index (κ1) is 15.9. The number of amides is 1. The third-order valence-corrected chi connectivity index (χ3v) is 3.08. The lowest BCUT2D eigenvalue weighted by Gasteiger charge is -2.08. The molecule has 5 heteroatoms. The highest BCUT2D eigenvalue weighted by Gasteiger charge is 2.07. The van der Waals surface area contributed by atoms with Gasteiger partial charge in [-0.05, 0) is 44.0 Å².